The minimum Gasteiger partial charge on any atom is -0.507 e. The van der Waals surface area contributed by atoms with Crippen LogP contribution >= 0.6 is 0 Å². The van der Waals surface area contributed by atoms with Crippen molar-refractivity contribution in [3.8, 4) is 5.75 Å². The van der Waals surface area contributed by atoms with Gasteiger partial charge in [0.15, 0.2) is 0 Å². The molecule has 0 aliphatic heterocycles. The molecule has 0 heterocycles. The summed E-state index contributed by atoms with van der Waals surface area (Å²) in [6.45, 7) is 15.7. The van der Waals surface area contributed by atoms with E-state index in [1.165, 1.54) is 0 Å². The number of carbonyl (C=O) groups is 1. The molecule has 3 heteroatoms. The fourth-order valence-corrected chi connectivity index (χ4v) is 1.98. The first kappa shape index (κ1) is 16.3. The van der Waals surface area contributed by atoms with Crippen LogP contribution in [-0.2, 0) is 15.6 Å². The van der Waals surface area contributed by atoms with E-state index in [9.17, 15) is 9.90 Å². The van der Waals surface area contributed by atoms with Crippen molar-refractivity contribution < 1.29 is 15.0 Å². The summed E-state index contributed by atoms with van der Waals surface area (Å²) in [7, 11) is 0. The minimum atomic E-state index is -1.12. The second-order valence-electron chi connectivity index (χ2n) is 7.20. The van der Waals surface area contributed by atoms with E-state index in [-0.39, 0.29) is 22.2 Å². The molecule has 0 amide bonds. The summed E-state index contributed by atoms with van der Waals surface area (Å²) in [5.74, 6) is -1.11. The average molecular weight is 276 g/mol. The van der Waals surface area contributed by atoms with Crippen LogP contribution in [0.5, 0.6) is 5.75 Å². The Bertz CT molecular complexity index is 555. The van der Waals surface area contributed by atoms with Gasteiger partial charge in [-0.25, -0.2) is 4.79 Å². The Labute approximate surface area is 121 Å². The summed E-state index contributed by atoms with van der Waals surface area (Å²) in [6, 6.07) is 3.68. The molecule has 1 rings (SSSR count). The molecule has 0 unspecified atom stereocenters. The number of carboxylic acid groups (broad SMARTS) is 1. The number of aromatic hydroxyl groups is 1. The number of phenolic OH excluding ortho intramolecular Hbond substituents is 1. The second kappa shape index (κ2) is 4.97. The lowest BCUT2D eigenvalue weighted by Gasteiger charge is -2.27. The highest BCUT2D eigenvalue weighted by atomic mass is 16.4. The molecule has 0 saturated carbocycles. The third kappa shape index (κ3) is 3.21. The average Bonchev–Trinajstić information content (AvgIpc) is 2.24. The van der Waals surface area contributed by atoms with Crippen molar-refractivity contribution in [1.82, 2.24) is 0 Å². The Morgan fingerprint density at radius 1 is 1.05 bits per heavy atom. The van der Waals surface area contributed by atoms with Crippen LogP contribution in [0.3, 0.4) is 0 Å². The molecule has 0 atom stereocenters. The summed E-state index contributed by atoms with van der Waals surface area (Å²) in [5, 5.41) is 19.5. The van der Waals surface area contributed by atoms with Crippen LogP contribution in [0.1, 0.15) is 58.2 Å². The largest absolute Gasteiger partial charge is 0.507 e. The summed E-state index contributed by atoms with van der Waals surface area (Å²) in [6.07, 6.45) is 0. The number of benzene rings is 1. The van der Waals surface area contributed by atoms with E-state index in [1.807, 2.05) is 26.8 Å². The Balaban J connectivity index is 3.68. The number of aliphatic carboxylic acids is 1. The van der Waals surface area contributed by atoms with Gasteiger partial charge in [0, 0.05) is 11.1 Å². The topological polar surface area (TPSA) is 57.5 Å². The van der Waals surface area contributed by atoms with Gasteiger partial charge < -0.3 is 10.2 Å². The molecular weight excluding hydrogens is 252 g/mol. The molecular formula is C17H24O3. The predicted octanol–water partition coefficient (Wildman–Crippen LogP) is 4.09. The third-order valence-corrected chi connectivity index (χ3v) is 3.37. The van der Waals surface area contributed by atoms with Crippen molar-refractivity contribution >= 4 is 11.5 Å². The van der Waals surface area contributed by atoms with Gasteiger partial charge in [-0.05, 0) is 22.5 Å². The molecule has 1 aromatic rings. The fourth-order valence-electron chi connectivity index (χ4n) is 1.98. The first-order valence-corrected chi connectivity index (χ1v) is 6.66. The van der Waals surface area contributed by atoms with Gasteiger partial charge >= 0.3 is 5.97 Å². The molecule has 20 heavy (non-hydrogen) atoms. The predicted molar refractivity (Wildman–Crippen MR) is 82.2 cm³/mol. The second-order valence-corrected chi connectivity index (χ2v) is 7.20. The molecule has 0 saturated heterocycles. The summed E-state index contributed by atoms with van der Waals surface area (Å²) >= 11 is 0. The summed E-state index contributed by atoms with van der Waals surface area (Å²) in [5.41, 5.74) is 1.52. The van der Waals surface area contributed by atoms with Gasteiger partial charge in [0.25, 0.3) is 0 Å². The first-order valence-electron chi connectivity index (χ1n) is 6.66. The monoisotopic (exact) mass is 276 g/mol. The third-order valence-electron chi connectivity index (χ3n) is 3.37. The van der Waals surface area contributed by atoms with E-state index >= 15 is 0 Å². The number of hydrogen-bond donors (Lipinski definition) is 2. The van der Waals surface area contributed by atoms with Crippen LogP contribution in [0.25, 0.3) is 5.57 Å². The van der Waals surface area contributed by atoms with Gasteiger partial charge in [0.2, 0.25) is 0 Å². The van der Waals surface area contributed by atoms with Crippen LogP contribution in [0.4, 0.5) is 0 Å². The molecule has 0 radical (unpaired) electrons. The summed E-state index contributed by atoms with van der Waals surface area (Å²) in [4.78, 5) is 11.2. The lowest BCUT2D eigenvalue weighted by molar-refractivity contribution is -0.130. The van der Waals surface area contributed by atoms with Gasteiger partial charge in [-0.15, -0.1) is 0 Å². The lowest BCUT2D eigenvalue weighted by atomic mass is 9.78. The lowest BCUT2D eigenvalue weighted by Crippen LogP contribution is -2.18. The van der Waals surface area contributed by atoms with Crippen molar-refractivity contribution in [3.05, 3.63) is 35.4 Å². The van der Waals surface area contributed by atoms with Gasteiger partial charge in [0.1, 0.15) is 5.75 Å². The Morgan fingerprint density at radius 3 is 1.90 bits per heavy atom. The molecule has 0 aliphatic carbocycles. The maximum Gasteiger partial charge on any atom is 0.335 e. The zero-order valence-corrected chi connectivity index (χ0v) is 13.2. The first-order chi connectivity index (χ1) is 8.85. The highest BCUT2D eigenvalue weighted by Gasteiger charge is 2.26. The van der Waals surface area contributed by atoms with E-state index in [2.05, 4.69) is 27.4 Å². The SMILES string of the molecule is C=C(C(=O)O)c1cc(C(C)(C)C)cc(C(C)(C)C)c1O. The van der Waals surface area contributed by atoms with Gasteiger partial charge in [-0.2, -0.15) is 0 Å². The van der Waals surface area contributed by atoms with Crippen LogP contribution in [-0.4, -0.2) is 16.2 Å². The zero-order chi connectivity index (χ0) is 15.9. The maximum atomic E-state index is 11.2. The molecule has 110 valence electrons. The Hall–Kier alpha value is -1.77. The van der Waals surface area contributed by atoms with Gasteiger partial charge in [-0.3, -0.25) is 0 Å². The molecule has 0 aromatic heterocycles. The van der Waals surface area contributed by atoms with Gasteiger partial charge in [0.05, 0.1) is 5.57 Å². The Kier molecular flexibility index (Phi) is 4.04. The molecule has 0 spiro atoms. The molecule has 0 fully saturated rings. The minimum absolute atomic E-state index is 0.0119. The number of rotatable bonds is 2. The molecule has 1 aromatic carbocycles. The number of phenols is 1. The van der Waals surface area contributed by atoms with Crippen LogP contribution in [0, 0.1) is 0 Å². The molecule has 0 aliphatic rings. The molecule has 2 N–H and O–H groups in total. The van der Waals surface area contributed by atoms with Gasteiger partial charge in [-0.1, -0.05) is 54.2 Å². The van der Waals surface area contributed by atoms with E-state index in [0.29, 0.717) is 5.56 Å². The number of hydrogen-bond acceptors (Lipinski definition) is 2. The quantitative estimate of drug-likeness (QED) is 0.800. The van der Waals surface area contributed by atoms with Crippen molar-refractivity contribution in [2.24, 2.45) is 0 Å². The van der Waals surface area contributed by atoms with Crippen molar-refractivity contribution in [2.75, 3.05) is 0 Å². The van der Waals surface area contributed by atoms with Crippen LogP contribution in [0.15, 0.2) is 18.7 Å². The van der Waals surface area contributed by atoms with Crippen LogP contribution < -0.4 is 0 Å². The van der Waals surface area contributed by atoms with E-state index in [1.54, 1.807) is 6.07 Å². The Morgan fingerprint density at radius 2 is 1.55 bits per heavy atom. The molecule has 3 nitrogen and oxygen atoms in total. The van der Waals surface area contributed by atoms with Crippen molar-refractivity contribution in [2.45, 2.75) is 52.4 Å². The summed E-state index contributed by atoms with van der Waals surface area (Å²) < 4.78 is 0. The molecule has 0 bridgehead atoms. The van der Waals surface area contributed by atoms with Crippen molar-refractivity contribution in [3.63, 3.8) is 0 Å². The van der Waals surface area contributed by atoms with Crippen molar-refractivity contribution in [1.29, 1.82) is 0 Å². The normalized spacial score (nSPS) is 12.3. The zero-order valence-electron chi connectivity index (χ0n) is 13.2. The van der Waals surface area contributed by atoms with E-state index in [4.69, 9.17) is 5.11 Å². The fraction of sp³-hybridized carbons (Fsp3) is 0.471. The maximum absolute atomic E-state index is 11.2. The van der Waals surface area contributed by atoms with Crippen LogP contribution in [0.2, 0.25) is 0 Å². The number of carboxylic acids is 1. The highest BCUT2D eigenvalue weighted by molar-refractivity contribution is 6.15. The van der Waals surface area contributed by atoms with E-state index < -0.39 is 5.97 Å². The smallest absolute Gasteiger partial charge is 0.335 e. The standard InChI is InChI=1S/C17H24O3/c1-10(15(19)20)12-8-11(16(2,3)4)9-13(14(12)18)17(5,6)7/h8-9,18H,1H2,2-7H3,(H,19,20). The van der Waals surface area contributed by atoms with E-state index in [0.717, 1.165) is 11.1 Å². The highest BCUT2D eigenvalue weighted by Crippen LogP contribution is 2.39.